The number of Topliss-reactive ketones (excluding diaryl/α,β-unsaturated/α-hetero) is 1. The molecule has 182 valence electrons. The van der Waals surface area contributed by atoms with Gasteiger partial charge in [0.2, 0.25) is 0 Å². The quantitative estimate of drug-likeness (QED) is 0.439. The van der Waals surface area contributed by atoms with Crippen molar-refractivity contribution in [1.82, 2.24) is 5.32 Å². The molecule has 0 saturated heterocycles. The number of ether oxygens (including phenoxy) is 3. The third-order valence-electron chi connectivity index (χ3n) is 6.52. The van der Waals surface area contributed by atoms with Gasteiger partial charge in [0.15, 0.2) is 17.3 Å². The van der Waals surface area contributed by atoms with E-state index in [1.165, 1.54) is 7.11 Å². The largest absolute Gasteiger partial charge is 0.493 e. The van der Waals surface area contributed by atoms with Crippen molar-refractivity contribution in [3.8, 4) is 11.5 Å². The average molecular weight is 502 g/mol. The second-order valence-electron chi connectivity index (χ2n) is 8.54. The summed E-state index contributed by atoms with van der Waals surface area (Å²) in [6.07, 6.45) is 0. The van der Waals surface area contributed by atoms with E-state index in [0.717, 1.165) is 11.1 Å². The van der Waals surface area contributed by atoms with Crippen LogP contribution in [0.4, 0.5) is 0 Å². The molecule has 0 fully saturated rings. The lowest BCUT2D eigenvalue weighted by Crippen LogP contribution is -2.29. The van der Waals surface area contributed by atoms with Gasteiger partial charge in [-0.3, -0.25) is 4.79 Å². The molecule has 0 radical (unpaired) electrons. The van der Waals surface area contributed by atoms with Crippen molar-refractivity contribution in [2.75, 3.05) is 14.2 Å². The van der Waals surface area contributed by atoms with E-state index < -0.39 is 11.9 Å². The van der Waals surface area contributed by atoms with Crippen LogP contribution in [-0.2, 0) is 16.1 Å². The molecule has 1 N–H and O–H groups in total. The van der Waals surface area contributed by atoms with Crippen molar-refractivity contribution < 1.29 is 23.8 Å². The van der Waals surface area contributed by atoms with Crippen LogP contribution in [0.1, 0.15) is 39.9 Å². The fourth-order valence-corrected chi connectivity index (χ4v) is 4.99. The van der Waals surface area contributed by atoms with Gasteiger partial charge < -0.3 is 19.5 Å². The topological polar surface area (TPSA) is 73.9 Å². The van der Waals surface area contributed by atoms with E-state index in [1.807, 2.05) is 55.5 Å². The first-order chi connectivity index (χ1) is 17.4. The first-order valence-electron chi connectivity index (χ1n) is 11.4. The molecular weight excluding hydrogens is 478 g/mol. The minimum atomic E-state index is -0.639. The Balaban J connectivity index is 1.57. The number of carbonyl (C=O) groups excluding carboxylic acids is 2. The molecule has 1 aliphatic carbocycles. The van der Waals surface area contributed by atoms with Crippen molar-refractivity contribution in [3.63, 3.8) is 0 Å². The standard InChI is InChI=1S/C29H24ClNO5/c1-16-24(29(33)35-3)25(26-27(31-16)19-9-5-6-10-20(19)28(26)32)17-12-13-22(23(14-17)34-2)36-15-18-8-4-7-11-21(18)30/h4-14,25,31H,15H2,1-3H3/t25-/m1/s1. The summed E-state index contributed by atoms with van der Waals surface area (Å²) in [5.74, 6) is -0.265. The van der Waals surface area contributed by atoms with Crippen LogP contribution in [0.15, 0.2) is 83.6 Å². The molecule has 0 bridgehead atoms. The van der Waals surface area contributed by atoms with Crippen LogP contribution in [-0.4, -0.2) is 26.0 Å². The predicted octanol–water partition coefficient (Wildman–Crippen LogP) is 5.67. The zero-order valence-electron chi connectivity index (χ0n) is 20.1. The number of halogens is 1. The number of esters is 1. The number of nitrogens with one attached hydrogen (secondary N) is 1. The van der Waals surface area contributed by atoms with E-state index in [2.05, 4.69) is 5.32 Å². The van der Waals surface area contributed by atoms with Gasteiger partial charge in [0, 0.05) is 38.9 Å². The molecule has 0 amide bonds. The zero-order valence-corrected chi connectivity index (χ0v) is 20.8. The Morgan fingerprint density at radius 3 is 2.42 bits per heavy atom. The van der Waals surface area contributed by atoms with Crippen LogP contribution < -0.4 is 14.8 Å². The average Bonchev–Trinajstić information content (AvgIpc) is 3.18. The maximum absolute atomic E-state index is 13.5. The molecule has 3 aromatic rings. The summed E-state index contributed by atoms with van der Waals surface area (Å²) in [5.41, 5.74) is 5.21. The number of ketones is 1. The Bertz CT molecular complexity index is 1460. The van der Waals surface area contributed by atoms with Gasteiger partial charge >= 0.3 is 5.97 Å². The van der Waals surface area contributed by atoms with E-state index in [9.17, 15) is 9.59 Å². The highest BCUT2D eigenvalue weighted by molar-refractivity contribution is 6.31. The normalized spacial score (nSPS) is 16.3. The molecule has 2 aliphatic rings. The number of allylic oxidation sites excluding steroid dienone is 2. The summed E-state index contributed by atoms with van der Waals surface area (Å²) < 4.78 is 16.8. The minimum Gasteiger partial charge on any atom is -0.493 e. The van der Waals surface area contributed by atoms with Crippen LogP contribution >= 0.6 is 11.6 Å². The molecule has 1 atom stereocenters. The lowest BCUT2D eigenvalue weighted by atomic mass is 9.79. The molecule has 7 heteroatoms. The predicted molar refractivity (Wildman–Crippen MR) is 137 cm³/mol. The summed E-state index contributed by atoms with van der Waals surface area (Å²) >= 11 is 6.26. The Morgan fingerprint density at radius 1 is 0.972 bits per heavy atom. The fourth-order valence-electron chi connectivity index (χ4n) is 4.80. The summed E-state index contributed by atoms with van der Waals surface area (Å²) in [7, 11) is 2.88. The van der Waals surface area contributed by atoms with Crippen molar-refractivity contribution in [2.45, 2.75) is 19.4 Å². The maximum Gasteiger partial charge on any atom is 0.336 e. The SMILES string of the molecule is COC(=O)C1=C(C)NC2=C(C(=O)c3ccccc32)[C@@H]1c1ccc(OCc2ccccc2Cl)c(OC)c1. The lowest BCUT2D eigenvalue weighted by Gasteiger charge is -2.29. The second kappa shape index (κ2) is 9.55. The minimum absolute atomic E-state index is 0.120. The third kappa shape index (κ3) is 3.93. The van der Waals surface area contributed by atoms with Gasteiger partial charge in [0.05, 0.1) is 25.5 Å². The third-order valence-corrected chi connectivity index (χ3v) is 6.88. The van der Waals surface area contributed by atoms with Gasteiger partial charge in [-0.05, 0) is 30.7 Å². The molecule has 1 aliphatic heterocycles. The van der Waals surface area contributed by atoms with Crippen LogP contribution in [0, 0.1) is 0 Å². The molecule has 1 heterocycles. The van der Waals surface area contributed by atoms with E-state index in [0.29, 0.717) is 50.2 Å². The summed E-state index contributed by atoms with van der Waals surface area (Å²) in [5, 5.41) is 3.90. The maximum atomic E-state index is 13.5. The number of methoxy groups -OCH3 is 2. The van der Waals surface area contributed by atoms with E-state index >= 15 is 0 Å². The molecule has 0 aromatic heterocycles. The Kier molecular flexibility index (Phi) is 6.29. The number of dihydropyridines is 1. The number of hydrogen-bond donors (Lipinski definition) is 1. The second-order valence-corrected chi connectivity index (χ2v) is 8.95. The Hall–Kier alpha value is -4.03. The molecule has 36 heavy (non-hydrogen) atoms. The van der Waals surface area contributed by atoms with Crippen LogP contribution in [0.2, 0.25) is 5.02 Å². The van der Waals surface area contributed by atoms with E-state index in [4.69, 9.17) is 25.8 Å². The van der Waals surface area contributed by atoms with Gasteiger partial charge in [-0.1, -0.05) is 60.1 Å². The first-order valence-corrected chi connectivity index (χ1v) is 11.8. The molecule has 6 nitrogen and oxygen atoms in total. The highest BCUT2D eigenvalue weighted by atomic mass is 35.5. The molecule has 0 spiro atoms. The summed E-state index contributed by atoms with van der Waals surface area (Å²) in [4.78, 5) is 26.5. The monoisotopic (exact) mass is 501 g/mol. The number of hydrogen-bond acceptors (Lipinski definition) is 6. The van der Waals surface area contributed by atoms with Gasteiger partial charge in [-0.15, -0.1) is 0 Å². The Morgan fingerprint density at radius 2 is 1.69 bits per heavy atom. The van der Waals surface area contributed by atoms with Crippen molar-refractivity contribution in [3.05, 3.63) is 111 Å². The number of rotatable bonds is 6. The van der Waals surface area contributed by atoms with Gasteiger partial charge in [0.1, 0.15) is 6.61 Å². The molecule has 5 rings (SSSR count). The van der Waals surface area contributed by atoms with E-state index in [-0.39, 0.29) is 12.4 Å². The molecular formula is C29H24ClNO5. The Labute approximate surface area is 214 Å². The molecule has 3 aromatic carbocycles. The van der Waals surface area contributed by atoms with Crippen LogP contribution in [0.25, 0.3) is 5.70 Å². The van der Waals surface area contributed by atoms with Crippen LogP contribution in [0.3, 0.4) is 0 Å². The van der Waals surface area contributed by atoms with Crippen LogP contribution in [0.5, 0.6) is 11.5 Å². The van der Waals surface area contributed by atoms with E-state index in [1.54, 1.807) is 25.3 Å². The number of benzene rings is 3. The summed E-state index contributed by atoms with van der Waals surface area (Å²) in [6, 6.07) is 20.3. The smallest absolute Gasteiger partial charge is 0.336 e. The lowest BCUT2D eigenvalue weighted by molar-refractivity contribution is -0.136. The van der Waals surface area contributed by atoms with Gasteiger partial charge in [0.25, 0.3) is 0 Å². The zero-order chi connectivity index (χ0) is 25.4. The van der Waals surface area contributed by atoms with Crippen molar-refractivity contribution in [2.24, 2.45) is 0 Å². The summed E-state index contributed by atoms with van der Waals surface area (Å²) in [6.45, 7) is 2.07. The number of fused-ring (bicyclic) bond motifs is 2. The fraction of sp³-hybridized carbons (Fsp3) is 0.172. The molecule has 0 unspecified atom stereocenters. The van der Waals surface area contributed by atoms with Crippen molar-refractivity contribution in [1.29, 1.82) is 0 Å². The van der Waals surface area contributed by atoms with Crippen molar-refractivity contribution >= 4 is 29.1 Å². The number of carbonyl (C=O) groups is 2. The first kappa shape index (κ1) is 23.7. The highest BCUT2D eigenvalue weighted by Crippen LogP contribution is 2.48. The molecule has 0 saturated carbocycles. The van der Waals surface area contributed by atoms with Gasteiger partial charge in [-0.25, -0.2) is 4.79 Å². The van der Waals surface area contributed by atoms with Gasteiger partial charge in [-0.2, -0.15) is 0 Å². The highest BCUT2D eigenvalue weighted by Gasteiger charge is 2.43.